The lowest BCUT2D eigenvalue weighted by Gasteiger charge is -2.38. The van der Waals surface area contributed by atoms with Crippen molar-refractivity contribution in [3.8, 4) is 0 Å². The van der Waals surface area contributed by atoms with Crippen LogP contribution in [-0.4, -0.2) is 52.3 Å². The van der Waals surface area contributed by atoms with Gasteiger partial charge >= 0.3 is 0 Å². The van der Waals surface area contributed by atoms with Gasteiger partial charge in [0.2, 0.25) is 11.9 Å². The van der Waals surface area contributed by atoms with Crippen molar-refractivity contribution in [2.45, 2.75) is 31.7 Å². The van der Waals surface area contributed by atoms with Crippen LogP contribution in [0.25, 0.3) is 0 Å². The third-order valence-corrected chi connectivity index (χ3v) is 6.15. The first-order valence-electron chi connectivity index (χ1n) is 10.6. The third-order valence-electron chi connectivity index (χ3n) is 5.90. The maximum Gasteiger partial charge on any atom is 0.241 e. The highest BCUT2D eigenvalue weighted by Gasteiger charge is 2.25. The topological polar surface area (TPSA) is 74.1 Å². The van der Waals surface area contributed by atoms with Gasteiger partial charge in [-0.25, -0.2) is 5.10 Å². The van der Waals surface area contributed by atoms with Crippen LogP contribution < -0.4 is 10.6 Å². The molecule has 1 fully saturated rings. The van der Waals surface area contributed by atoms with Gasteiger partial charge in [0, 0.05) is 37.2 Å². The molecule has 1 aliphatic rings. The zero-order chi connectivity index (χ0) is 20.8. The number of nitrogen functional groups attached to an aromatic ring is 1. The van der Waals surface area contributed by atoms with Crippen LogP contribution in [-0.2, 0) is 12.8 Å². The summed E-state index contributed by atoms with van der Waals surface area (Å²) in [5.41, 5.74) is 8.39. The predicted octanol–water partition coefficient (Wildman–Crippen LogP) is 3.80. The average molecular weight is 425 g/mol. The summed E-state index contributed by atoms with van der Waals surface area (Å²) in [6.45, 7) is 4.04. The molecule has 0 radical (unpaired) electrons. The molecule has 3 aromatic rings. The number of nitrogens with two attached hydrogens (primary N) is 1. The van der Waals surface area contributed by atoms with E-state index in [-0.39, 0.29) is 0 Å². The van der Waals surface area contributed by atoms with Gasteiger partial charge in [0.15, 0.2) is 0 Å². The highest BCUT2D eigenvalue weighted by molar-refractivity contribution is 6.30. The quantitative estimate of drug-likeness (QED) is 0.575. The van der Waals surface area contributed by atoms with Gasteiger partial charge in [0.25, 0.3) is 0 Å². The predicted molar refractivity (Wildman–Crippen MR) is 123 cm³/mol. The summed E-state index contributed by atoms with van der Waals surface area (Å²) in [6, 6.07) is 19.5. The van der Waals surface area contributed by atoms with Crippen molar-refractivity contribution in [3.63, 3.8) is 0 Å². The summed E-state index contributed by atoms with van der Waals surface area (Å²) in [4.78, 5) is 9.18. The molecule has 158 valence electrons. The molecule has 2 aromatic carbocycles. The summed E-state index contributed by atoms with van der Waals surface area (Å²) in [7, 11) is 0. The first-order valence-corrected chi connectivity index (χ1v) is 11.0. The number of benzene rings is 2. The molecule has 0 aliphatic carbocycles. The van der Waals surface area contributed by atoms with Crippen LogP contribution in [0.1, 0.15) is 24.0 Å². The van der Waals surface area contributed by atoms with Crippen molar-refractivity contribution in [3.05, 3.63) is 70.7 Å². The second-order valence-corrected chi connectivity index (χ2v) is 8.32. The molecule has 1 aliphatic heterocycles. The summed E-state index contributed by atoms with van der Waals surface area (Å²) in [6.07, 6.45) is 4.32. The van der Waals surface area contributed by atoms with Gasteiger partial charge in [0.1, 0.15) is 0 Å². The van der Waals surface area contributed by atoms with Crippen molar-refractivity contribution < 1.29 is 0 Å². The number of hydrogen-bond acceptors (Lipinski definition) is 5. The molecule has 2 heterocycles. The Bertz CT molecular complexity index is 903. The van der Waals surface area contributed by atoms with Crippen LogP contribution >= 0.6 is 11.6 Å². The van der Waals surface area contributed by atoms with Gasteiger partial charge in [-0.15, -0.1) is 5.10 Å². The second kappa shape index (κ2) is 9.96. The fraction of sp³-hybridized carbons (Fsp3) is 0.391. The van der Waals surface area contributed by atoms with E-state index in [1.54, 1.807) is 0 Å². The van der Waals surface area contributed by atoms with Crippen LogP contribution in [0, 0.1) is 0 Å². The number of nitrogens with one attached hydrogen (secondary N) is 1. The fourth-order valence-corrected chi connectivity index (χ4v) is 4.29. The van der Waals surface area contributed by atoms with Crippen molar-refractivity contribution in [1.82, 2.24) is 20.1 Å². The Balaban J connectivity index is 1.38. The van der Waals surface area contributed by atoms with Gasteiger partial charge in [-0.3, -0.25) is 4.90 Å². The van der Waals surface area contributed by atoms with Crippen LogP contribution in [0.2, 0.25) is 5.02 Å². The van der Waals surface area contributed by atoms with E-state index in [0.29, 0.717) is 12.0 Å². The number of hydrogen-bond donors (Lipinski definition) is 2. The van der Waals surface area contributed by atoms with Gasteiger partial charge in [-0.05, 0) is 48.9 Å². The Morgan fingerprint density at radius 2 is 1.60 bits per heavy atom. The number of anilines is 2. The summed E-state index contributed by atoms with van der Waals surface area (Å²) >= 11 is 6.04. The van der Waals surface area contributed by atoms with E-state index in [0.717, 1.165) is 62.8 Å². The van der Waals surface area contributed by atoms with E-state index in [9.17, 15) is 0 Å². The number of rotatable bonds is 8. The molecule has 1 saturated heterocycles. The fourth-order valence-electron chi connectivity index (χ4n) is 4.17. The van der Waals surface area contributed by atoms with E-state index < -0.39 is 0 Å². The van der Waals surface area contributed by atoms with Gasteiger partial charge < -0.3 is 10.6 Å². The van der Waals surface area contributed by atoms with Gasteiger partial charge in [-0.1, -0.05) is 54.1 Å². The average Bonchev–Trinajstić information content (AvgIpc) is 3.22. The smallest absolute Gasteiger partial charge is 0.241 e. The molecule has 0 atom stereocenters. The van der Waals surface area contributed by atoms with E-state index in [4.69, 9.17) is 17.3 Å². The summed E-state index contributed by atoms with van der Waals surface area (Å²) < 4.78 is 0. The van der Waals surface area contributed by atoms with Crippen LogP contribution in [0.3, 0.4) is 0 Å². The van der Waals surface area contributed by atoms with E-state index >= 15 is 0 Å². The Labute approximate surface area is 183 Å². The third kappa shape index (κ3) is 5.52. The van der Waals surface area contributed by atoms with Gasteiger partial charge in [0.05, 0.1) is 0 Å². The van der Waals surface area contributed by atoms with Gasteiger partial charge in [-0.2, -0.15) is 4.98 Å². The highest BCUT2D eigenvalue weighted by atomic mass is 35.5. The molecule has 7 heteroatoms. The van der Waals surface area contributed by atoms with E-state index in [1.165, 1.54) is 11.1 Å². The minimum atomic E-state index is 0.305. The summed E-state index contributed by atoms with van der Waals surface area (Å²) in [5, 5.41) is 7.68. The first kappa shape index (κ1) is 20.7. The van der Waals surface area contributed by atoms with E-state index in [1.807, 2.05) is 12.1 Å². The number of H-pyrrole nitrogens is 1. The molecule has 1 aromatic heterocycles. The van der Waals surface area contributed by atoms with Crippen LogP contribution in [0.5, 0.6) is 0 Å². The Kier molecular flexibility index (Phi) is 6.87. The monoisotopic (exact) mass is 424 g/mol. The molecular weight excluding hydrogens is 396 g/mol. The lowest BCUT2D eigenvalue weighted by Crippen LogP contribution is -2.46. The molecule has 0 amide bonds. The molecule has 3 N–H and O–H groups in total. The number of aromatic amines is 1. The number of halogens is 1. The molecule has 4 rings (SSSR count). The minimum Gasteiger partial charge on any atom is -0.366 e. The lowest BCUT2D eigenvalue weighted by atomic mass is 10.0. The molecule has 0 bridgehead atoms. The maximum absolute atomic E-state index is 6.04. The number of aromatic nitrogens is 3. The Hall–Kier alpha value is -2.57. The largest absolute Gasteiger partial charge is 0.366 e. The number of nitrogens with zero attached hydrogens (tertiary/aromatic N) is 4. The van der Waals surface area contributed by atoms with Crippen molar-refractivity contribution >= 4 is 23.5 Å². The second-order valence-electron chi connectivity index (χ2n) is 7.88. The Morgan fingerprint density at radius 1 is 0.967 bits per heavy atom. The molecule has 0 saturated carbocycles. The molecular formula is C23H29ClN6. The van der Waals surface area contributed by atoms with Crippen LogP contribution in [0.15, 0.2) is 54.6 Å². The Morgan fingerprint density at radius 3 is 2.20 bits per heavy atom. The SMILES string of the molecule is Nc1n[nH]c(N2CCC(N(CCc3ccccc3)CCc3ccc(Cl)cc3)CC2)n1. The van der Waals surface area contributed by atoms with E-state index in [2.05, 4.69) is 67.4 Å². The maximum atomic E-state index is 6.04. The van der Waals surface area contributed by atoms with Crippen molar-refractivity contribution in [1.29, 1.82) is 0 Å². The normalized spacial score (nSPS) is 15.1. The number of piperidine rings is 1. The first-order chi connectivity index (χ1) is 14.7. The minimum absolute atomic E-state index is 0.305. The molecule has 6 nitrogen and oxygen atoms in total. The zero-order valence-electron chi connectivity index (χ0n) is 17.2. The van der Waals surface area contributed by atoms with Crippen molar-refractivity contribution in [2.24, 2.45) is 0 Å². The zero-order valence-corrected chi connectivity index (χ0v) is 17.9. The van der Waals surface area contributed by atoms with Crippen molar-refractivity contribution in [2.75, 3.05) is 36.8 Å². The molecule has 0 unspecified atom stereocenters. The molecule has 30 heavy (non-hydrogen) atoms. The lowest BCUT2D eigenvalue weighted by molar-refractivity contribution is 0.172. The summed E-state index contributed by atoms with van der Waals surface area (Å²) in [5.74, 6) is 1.09. The standard InChI is InChI=1S/C23H29ClN6/c24-20-8-6-19(7-9-20)11-15-29(14-10-18-4-2-1-3-5-18)21-12-16-30(17-13-21)23-26-22(25)27-28-23/h1-9,21H,10-17H2,(H3,25,26,27,28). The molecule has 0 spiro atoms. The van der Waals surface area contributed by atoms with Crippen LogP contribution in [0.4, 0.5) is 11.9 Å². The highest BCUT2D eigenvalue weighted by Crippen LogP contribution is 2.21.